The van der Waals surface area contributed by atoms with Gasteiger partial charge in [0.15, 0.2) is 6.23 Å². The molecule has 0 radical (unpaired) electrons. The van der Waals surface area contributed by atoms with E-state index in [9.17, 15) is 28.6 Å². The van der Waals surface area contributed by atoms with Gasteiger partial charge in [0.2, 0.25) is 11.7 Å². The van der Waals surface area contributed by atoms with Crippen molar-refractivity contribution in [3.8, 4) is 0 Å². The first kappa shape index (κ1) is 12.9. The number of nitrogens with one attached hydrogen (secondary N) is 1. The minimum atomic E-state index is -2.59. The number of hydrogen-bond donors (Lipinski definition) is 3. The number of aliphatic hydroxyl groups excluding tert-OH is 2. The summed E-state index contributed by atoms with van der Waals surface area (Å²) in [5.74, 6) is -3.89. The summed E-state index contributed by atoms with van der Waals surface area (Å²) in [5.41, 5.74) is -2.33. The van der Waals surface area contributed by atoms with Gasteiger partial charge in [-0.2, -0.15) is 4.39 Å². The second kappa shape index (κ2) is 3.97. The third-order valence-electron chi connectivity index (χ3n) is 2.69. The zero-order valence-corrected chi connectivity index (χ0v) is 9.13. The van der Waals surface area contributed by atoms with Crippen LogP contribution in [0.15, 0.2) is 15.8 Å². The number of H-pyrrole nitrogens is 1. The van der Waals surface area contributed by atoms with E-state index in [-0.39, 0.29) is 0 Å². The molecule has 0 bridgehead atoms. The van der Waals surface area contributed by atoms with Gasteiger partial charge in [-0.25, -0.2) is 9.18 Å². The molecule has 7 nitrogen and oxygen atoms in total. The number of rotatable bonds is 1. The molecular formula is C9H10F2N2O5. The molecule has 9 heteroatoms. The number of hydrogen-bond acceptors (Lipinski definition) is 5. The zero-order valence-electron chi connectivity index (χ0n) is 9.13. The Hall–Kier alpha value is -1.58. The molecule has 1 saturated heterocycles. The third-order valence-corrected chi connectivity index (χ3v) is 2.69. The summed E-state index contributed by atoms with van der Waals surface area (Å²) in [4.78, 5) is 23.8. The highest BCUT2D eigenvalue weighted by molar-refractivity contribution is 4.96. The van der Waals surface area contributed by atoms with Crippen molar-refractivity contribution in [3.05, 3.63) is 32.9 Å². The van der Waals surface area contributed by atoms with E-state index in [1.165, 1.54) is 0 Å². The fraction of sp³-hybridized carbons (Fsp3) is 0.556. The second-order valence-corrected chi connectivity index (χ2v) is 4.07. The summed E-state index contributed by atoms with van der Waals surface area (Å²) in [7, 11) is 0. The largest absolute Gasteiger partial charge is 0.385 e. The minimum Gasteiger partial charge on any atom is -0.385 e. The van der Waals surface area contributed by atoms with E-state index in [1.54, 1.807) is 4.98 Å². The van der Waals surface area contributed by atoms with Gasteiger partial charge in [0.05, 0.1) is 6.20 Å². The number of ether oxygens (including phenoxy) is 1. The first-order chi connectivity index (χ1) is 8.24. The van der Waals surface area contributed by atoms with Gasteiger partial charge in [0.1, 0.15) is 12.2 Å². The number of aromatic nitrogens is 2. The predicted octanol–water partition coefficient (Wildman–Crippen LogP) is -1.39. The monoisotopic (exact) mass is 264 g/mol. The molecule has 1 aliphatic heterocycles. The Labute approximate surface area is 98.3 Å². The number of nitrogens with zero attached hydrogens (tertiary/aromatic N) is 1. The normalized spacial score (nSPS) is 35.9. The lowest BCUT2D eigenvalue weighted by Gasteiger charge is -2.17. The number of aromatic amines is 1. The standard InChI is InChI=1S/C9H10F2N2O5/c1-9(11)5(15)4(14)7(18-9)13-2-3(10)6(16)12-8(13)17/h2,4-5,7,14-15H,1H3,(H,12,16,17)/t4?,5?,7-,9-/m0/s1. The molecule has 2 unspecified atom stereocenters. The van der Waals surface area contributed by atoms with Crippen LogP contribution in [0, 0.1) is 5.82 Å². The molecule has 1 aromatic heterocycles. The van der Waals surface area contributed by atoms with Crippen LogP contribution < -0.4 is 11.2 Å². The Bertz CT molecular complexity index is 581. The third kappa shape index (κ3) is 1.85. The molecule has 2 heterocycles. The van der Waals surface area contributed by atoms with Crippen molar-refractivity contribution < 1.29 is 23.7 Å². The van der Waals surface area contributed by atoms with E-state index < -0.39 is 41.4 Å². The van der Waals surface area contributed by atoms with Crippen LogP contribution >= 0.6 is 0 Å². The number of halogens is 2. The van der Waals surface area contributed by atoms with Crippen molar-refractivity contribution in [1.82, 2.24) is 9.55 Å². The van der Waals surface area contributed by atoms with Crippen molar-refractivity contribution >= 4 is 0 Å². The summed E-state index contributed by atoms with van der Waals surface area (Å²) < 4.78 is 31.7. The lowest BCUT2D eigenvalue weighted by Crippen LogP contribution is -2.39. The Morgan fingerprint density at radius 2 is 2.11 bits per heavy atom. The molecule has 100 valence electrons. The van der Waals surface area contributed by atoms with Gasteiger partial charge in [-0.15, -0.1) is 0 Å². The Balaban J connectivity index is 2.49. The van der Waals surface area contributed by atoms with Crippen LogP contribution in [-0.4, -0.2) is 37.8 Å². The Morgan fingerprint density at radius 1 is 1.50 bits per heavy atom. The lowest BCUT2D eigenvalue weighted by molar-refractivity contribution is -0.174. The molecule has 18 heavy (non-hydrogen) atoms. The SMILES string of the molecule is C[C@]1(F)O[C@H](n2cc(F)c(=O)[nH]c2=O)C(O)C1O. The Morgan fingerprint density at radius 3 is 2.61 bits per heavy atom. The number of aliphatic hydroxyl groups is 2. The maximum atomic E-state index is 13.6. The molecule has 0 aliphatic carbocycles. The smallest absolute Gasteiger partial charge is 0.330 e. The summed E-state index contributed by atoms with van der Waals surface area (Å²) in [5, 5.41) is 18.9. The van der Waals surface area contributed by atoms with Gasteiger partial charge in [-0.3, -0.25) is 14.3 Å². The summed E-state index contributed by atoms with van der Waals surface area (Å²) in [6.07, 6.45) is -4.83. The second-order valence-electron chi connectivity index (χ2n) is 4.07. The van der Waals surface area contributed by atoms with Crippen molar-refractivity contribution in [2.75, 3.05) is 0 Å². The number of alkyl halides is 1. The van der Waals surface area contributed by atoms with E-state index in [0.29, 0.717) is 10.8 Å². The molecule has 4 atom stereocenters. The highest BCUT2D eigenvalue weighted by Crippen LogP contribution is 2.36. The Kier molecular flexibility index (Phi) is 2.84. The fourth-order valence-corrected chi connectivity index (χ4v) is 1.71. The summed E-state index contributed by atoms with van der Waals surface area (Å²) >= 11 is 0. The maximum Gasteiger partial charge on any atom is 0.330 e. The molecule has 1 aromatic rings. The highest BCUT2D eigenvalue weighted by Gasteiger charge is 2.53. The molecule has 0 aromatic carbocycles. The molecule has 0 saturated carbocycles. The van der Waals surface area contributed by atoms with Crippen molar-refractivity contribution in [2.24, 2.45) is 0 Å². The van der Waals surface area contributed by atoms with E-state index in [0.717, 1.165) is 6.92 Å². The van der Waals surface area contributed by atoms with Gasteiger partial charge >= 0.3 is 5.69 Å². The summed E-state index contributed by atoms with van der Waals surface area (Å²) in [6.45, 7) is 0.855. The first-order valence-corrected chi connectivity index (χ1v) is 4.98. The van der Waals surface area contributed by atoms with Crippen LogP contribution in [0.3, 0.4) is 0 Å². The zero-order chi connectivity index (χ0) is 13.7. The van der Waals surface area contributed by atoms with Crippen LogP contribution in [0.2, 0.25) is 0 Å². The van der Waals surface area contributed by atoms with Crippen molar-refractivity contribution in [3.63, 3.8) is 0 Å². The van der Waals surface area contributed by atoms with Crippen LogP contribution in [-0.2, 0) is 4.74 Å². The van der Waals surface area contributed by atoms with Crippen LogP contribution in [0.5, 0.6) is 0 Å². The molecule has 0 amide bonds. The summed E-state index contributed by atoms with van der Waals surface area (Å²) in [6, 6.07) is 0. The van der Waals surface area contributed by atoms with Crippen molar-refractivity contribution in [2.45, 2.75) is 31.2 Å². The molecule has 1 aliphatic rings. The molecule has 3 N–H and O–H groups in total. The van der Waals surface area contributed by atoms with E-state index in [4.69, 9.17) is 0 Å². The average Bonchev–Trinajstić information content (AvgIpc) is 2.47. The van der Waals surface area contributed by atoms with Crippen LogP contribution in [0.4, 0.5) is 8.78 Å². The fourth-order valence-electron chi connectivity index (χ4n) is 1.71. The minimum absolute atomic E-state index is 0.468. The van der Waals surface area contributed by atoms with Crippen LogP contribution in [0.1, 0.15) is 13.2 Å². The van der Waals surface area contributed by atoms with E-state index in [2.05, 4.69) is 4.74 Å². The quantitative estimate of drug-likeness (QED) is 0.579. The molecular weight excluding hydrogens is 254 g/mol. The highest BCUT2D eigenvalue weighted by atomic mass is 19.2. The average molecular weight is 264 g/mol. The first-order valence-electron chi connectivity index (χ1n) is 4.98. The maximum absolute atomic E-state index is 13.6. The van der Waals surface area contributed by atoms with Crippen molar-refractivity contribution in [1.29, 1.82) is 0 Å². The van der Waals surface area contributed by atoms with Gasteiger partial charge in [-0.1, -0.05) is 0 Å². The van der Waals surface area contributed by atoms with Crippen LogP contribution in [0.25, 0.3) is 0 Å². The van der Waals surface area contributed by atoms with E-state index >= 15 is 0 Å². The van der Waals surface area contributed by atoms with E-state index in [1.807, 2.05) is 0 Å². The lowest BCUT2D eigenvalue weighted by atomic mass is 10.1. The van der Waals surface area contributed by atoms with Gasteiger partial charge in [-0.05, 0) is 6.92 Å². The predicted molar refractivity (Wildman–Crippen MR) is 52.9 cm³/mol. The topological polar surface area (TPSA) is 105 Å². The van der Waals surface area contributed by atoms with Gasteiger partial charge < -0.3 is 14.9 Å². The van der Waals surface area contributed by atoms with Gasteiger partial charge in [0.25, 0.3) is 5.56 Å². The molecule has 0 spiro atoms. The molecule has 1 fully saturated rings. The van der Waals surface area contributed by atoms with Gasteiger partial charge in [0, 0.05) is 0 Å². The molecule has 2 rings (SSSR count).